The van der Waals surface area contributed by atoms with E-state index in [1.165, 1.54) is 205 Å². The van der Waals surface area contributed by atoms with Gasteiger partial charge in [-0.05, 0) is 96.3 Å². The summed E-state index contributed by atoms with van der Waals surface area (Å²) in [5.41, 5.74) is 0. The molecule has 456 valence electrons. The summed E-state index contributed by atoms with van der Waals surface area (Å²) in [5.74, 6) is -0.872. The molecule has 6 heteroatoms. The molecular formula is C73H128O6. The van der Waals surface area contributed by atoms with E-state index in [-0.39, 0.29) is 31.1 Å². The van der Waals surface area contributed by atoms with Crippen molar-refractivity contribution in [2.75, 3.05) is 13.2 Å². The SMILES string of the molecule is CC/C=C\C/C=C\C/C=C\C/C=C\CCCCCCCCCCCCC(=O)OC(COC(=O)CCCCCCCCC)COC(=O)CCCCCCCCCCCCCCCCCC/C=C\C/C=C\C/C=C\CCCCCCC. The molecule has 0 heterocycles. The van der Waals surface area contributed by atoms with Gasteiger partial charge in [-0.1, -0.05) is 311 Å². The van der Waals surface area contributed by atoms with Gasteiger partial charge in [-0.15, -0.1) is 0 Å². The predicted octanol–water partition coefficient (Wildman–Crippen LogP) is 23.4. The molecule has 0 aliphatic carbocycles. The molecule has 0 aromatic carbocycles. The molecule has 0 aliphatic rings. The third-order valence-electron chi connectivity index (χ3n) is 14.9. The lowest BCUT2D eigenvalue weighted by Crippen LogP contribution is -2.30. The van der Waals surface area contributed by atoms with E-state index in [0.29, 0.717) is 19.3 Å². The average molecular weight is 1100 g/mol. The summed E-state index contributed by atoms with van der Waals surface area (Å²) in [6, 6.07) is 0. The van der Waals surface area contributed by atoms with Gasteiger partial charge in [0.1, 0.15) is 13.2 Å². The van der Waals surface area contributed by atoms with Crippen molar-refractivity contribution >= 4 is 17.9 Å². The van der Waals surface area contributed by atoms with Gasteiger partial charge in [0.2, 0.25) is 0 Å². The Balaban J connectivity index is 4.06. The Bertz CT molecular complexity index is 1500. The molecule has 0 fully saturated rings. The van der Waals surface area contributed by atoms with Crippen LogP contribution in [0.15, 0.2) is 85.1 Å². The number of carbonyl (C=O) groups excluding carboxylic acids is 3. The zero-order valence-electron chi connectivity index (χ0n) is 52.4. The van der Waals surface area contributed by atoms with Crippen LogP contribution in [0.2, 0.25) is 0 Å². The lowest BCUT2D eigenvalue weighted by Gasteiger charge is -2.18. The number of hydrogen-bond donors (Lipinski definition) is 0. The second-order valence-electron chi connectivity index (χ2n) is 22.7. The summed E-state index contributed by atoms with van der Waals surface area (Å²) < 4.78 is 16.9. The van der Waals surface area contributed by atoms with Gasteiger partial charge >= 0.3 is 17.9 Å². The quantitative estimate of drug-likeness (QED) is 0.0261. The van der Waals surface area contributed by atoms with E-state index in [4.69, 9.17) is 14.2 Å². The number of allylic oxidation sites excluding steroid dienone is 14. The lowest BCUT2D eigenvalue weighted by atomic mass is 10.0. The van der Waals surface area contributed by atoms with Crippen LogP contribution in [0.25, 0.3) is 0 Å². The van der Waals surface area contributed by atoms with Gasteiger partial charge in [0.25, 0.3) is 0 Å². The van der Waals surface area contributed by atoms with E-state index in [1.807, 2.05) is 0 Å². The molecule has 0 saturated heterocycles. The molecule has 0 radical (unpaired) electrons. The molecule has 0 amide bonds. The monoisotopic (exact) mass is 1100 g/mol. The third kappa shape index (κ3) is 65.3. The summed E-state index contributed by atoms with van der Waals surface area (Å²) in [6.07, 6.45) is 89.2. The van der Waals surface area contributed by atoms with Gasteiger partial charge < -0.3 is 14.2 Å². The van der Waals surface area contributed by atoms with E-state index in [0.717, 1.165) is 96.3 Å². The third-order valence-corrected chi connectivity index (χ3v) is 14.9. The fourth-order valence-electron chi connectivity index (χ4n) is 9.80. The Kier molecular flexibility index (Phi) is 64.2. The first-order valence-corrected chi connectivity index (χ1v) is 34.1. The van der Waals surface area contributed by atoms with E-state index in [9.17, 15) is 14.4 Å². The molecule has 1 unspecified atom stereocenters. The maximum atomic E-state index is 12.9. The van der Waals surface area contributed by atoms with Crippen molar-refractivity contribution in [2.45, 2.75) is 348 Å². The van der Waals surface area contributed by atoms with Crippen LogP contribution >= 0.6 is 0 Å². The molecule has 0 N–H and O–H groups in total. The molecule has 0 aromatic rings. The Morgan fingerprint density at radius 3 is 0.772 bits per heavy atom. The van der Waals surface area contributed by atoms with Gasteiger partial charge in [-0.2, -0.15) is 0 Å². The Hall–Kier alpha value is -3.41. The number of hydrogen-bond acceptors (Lipinski definition) is 6. The van der Waals surface area contributed by atoms with E-state index >= 15 is 0 Å². The summed E-state index contributed by atoms with van der Waals surface area (Å²) in [7, 11) is 0. The predicted molar refractivity (Wildman–Crippen MR) is 344 cm³/mol. The maximum Gasteiger partial charge on any atom is 0.306 e. The molecule has 0 rings (SSSR count). The highest BCUT2D eigenvalue weighted by Crippen LogP contribution is 2.17. The number of ether oxygens (including phenoxy) is 3. The maximum absolute atomic E-state index is 12.9. The Morgan fingerprint density at radius 1 is 0.266 bits per heavy atom. The first-order chi connectivity index (χ1) is 39.0. The highest BCUT2D eigenvalue weighted by Gasteiger charge is 2.19. The summed E-state index contributed by atoms with van der Waals surface area (Å²) >= 11 is 0. The minimum absolute atomic E-state index is 0.0749. The van der Waals surface area contributed by atoms with Crippen molar-refractivity contribution < 1.29 is 28.6 Å². The fourth-order valence-corrected chi connectivity index (χ4v) is 9.80. The Labute approximate surface area is 490 Å². The van der Waals surface area contributed by atoms with Gasteiger partial charge in [0.15, 0.2) is 6.10 Å². The van der Waals surface area contributed by atoms with Crippen LogP contribution in [0.1, 0.15) is 342 Å². The highest BCUT2D eigenvalue weighted by atomic mass is 16.6. The molecule has 0 aliphatic heterocycles. The van der Waals surface area contributed by atoms with Crippen LogP contribution in [-0.4, -0.2) is 37.2 Å². The van der Waals surface area contributed by atoms with Gasteiger partial charge in [0, 0.05) is 19.3 Å². The standard InChI is InChI=1S/C73H128O6/c1-4-7-10-13-16-18-20-22-24-26-28-30-32-33-34-35-36-37-38-39-41-42-44-46-48-50-52-54-57-60-63-66-72(75)78-69-70(68-77-71(74)65-62-59-56-15-12-9-6-3)79-73(76)67-64-61-58-55-53-51-49-47-45-43-40-31-29-27-25-23-21-19-17-14-11-8-5-2/h8,11,17,19-20,22-23,25-26,28-29,31-33,70H,4-7,9-10,12-16,18,21,24,27,30,34-69H2,1-3H3/b11-8-,19-17-,22-20-,25-23-,28-26-,31-29-,33-32-. The molecule has 6 nitrogen and oxygen atoms in total. The van der Waals surface area contributed by atoms with Gasteiger partial charge in [-0.25, -0.2) is 0 Å². The molecule has 0 spiro atoms. The van der Waals surface area contributed by atoms with Crippen molar-refractivity contribution in [1.29, 1.82) is 0 Å². The van der Waals surface area contributed by atoms with Crippen LogP contribution in [-0.2, 0) is 28.6 Å². The number of esters is 3. The first kappa shape index (κ1) is 75.6. The van der Waals surface area contributed by atoms with Crippen LogP contribution in [0.4, 0.5) is 0 Å². The summed E-state index contributed by atoms with van der Waals surface area (Å²) in [5, 5.41) is 0. The minimum Gasteiger partial charge on any atom is -0.462 e. The normalized spacial score (nSPS) is 12.6. The smallest absolute Gasteiger partial charge is 0.306 e. The van der Waals surface area contributed by atoms with Crippen molar-refractivity contribution in [3.05, 3.63) is 85.1 Å². The topological polar surface area (TPSA) is 78.9 Å². The molecule has 0 bridgehead atoms. The van der Waals surface area contributed by atoms with Crippen LogP contribution in [0, 0.1) is 0 Å². The van der Waals surface area contributed by atoms with Crippen molar-refractivity contribution in [1.82, 2.24) is 0 Å². The number of rotatable bonds is 62. The van der Waals surface area contributed by atoms with Gasteiger partial charge in [0.05, 0.1) is 0 Å². The molecular weight excluding hydrogens is 973 g/mol. The van der Waals surface area contributed by atoms with Crippen LogP contribution in [0.3, 0.4) is 0 Å². The van der Waals surface area contributed by atoms with E-state index < -0.39 is 6.10 Å². The summed E-state index contributed by atoms with van der Waals surface area (Å²) in [4.78, 5) is 38.1. The molecule has 1 atom stereocenters. The first-order valence-electron chi connectivity index (χ1n) is 34.1. The lowest BCUT2D eigenvalue weighted by molar-refractivity contribution is -0.167. The highest BCUT2D eigenvalue weighted by molar-refractivity contribution is 5.71. The zero-order valence-corrected chi connectivity index (χ0v) is 52.4. The summed E-state index contributed by atoms with van der Waals surface area (Å²) in [6.45, 7) is 6.51. The van der Waals surface area contributed by atoms with E-state index in [2.05, 4.69) is 106 Å². The largest absolute Gasteiger partial charge is 0.462 e. The molecule has 79 heavy (non-hydrogen) atoms. The second-order valence-corrected chi connectivity index (χ2v) is 22.7. The van der Waals surface area contributed by atoms with Crippen molar-refractivity contribution in [3.63, 3.8) is 0 Å². The zero-order chi connectivity index (χ0) is 57.1. The number of unbranched alkanes of at least 4 members (excludes halogenated alkanes) is 37. The Morgan fingerprint density at radius 2 is 0.494 bits per heavy atom. The number of carbonyl (C=O) groups is 3. The average Bonchev–Trinajstić information content (AvgIpc) is 3.45. The van der Waals surface area contributed by atoms with Crippen LogP contribution < -0.4 is 0 Å². The molecule has 0 aromatic heterocycles. The minimum atomic E-state index is -0.776. The second kappa shape index (κ2) is 67.1. The van der Waals surface area contributed by atoms with Crippen LogP contribution in [0.5, 0.6) is 0 Å². The molecule has 0 saturated carbocycles. The van der Waals surface area contributed by atoms with Gasteiger partial charge in [-0.3, -0.25) is 14.4 Å². The van der Waals surface area contributed by atoms with E-state index in [1.54, 1.807) is 0 Å². The fraction of sp³-hybridized carbons (Fsp3) is 0.767. The van der Waals surface area contributed by atoms with Crippen molar-refractivity contribution in [3.8, 4) is 0 Å². The van der Waals surface area contributed by atoms with Crippen molar-refractivity contribution in [2.24, 2.45) is 0 Å².